The van der Waals surface area contributed by atoms with Crippen molar-refractivity contribution in [1.82, 2.24) is 0 Å². The molecule has 5 rings (SSSR count). The number of allylic oxidation sites excluding steroid dienone is 2. The summed E-state index contributed by atoms with van der Waals surface area (Å²) in [5.74, 6) is 2.45. The van der Waals surface area contributed by atoms with Crippen molar-refractivity contribution < 1.29 is 19.4 Å². The number of hydrogen-bond acceptors (Lipinski definition) is 4. The van der Waals surface area contributed by atoms with Gasteiger partial charge in [-0.15, -0.1) is 0 Å². The zero-order valence-corrected chi connectivity index (χ0v) is 24.4. The average molecular weight is 501 g/mol. The Balaban J connectivity index is 1.62. The Kier molecular flexibility index (Phi) is 6.17. The number of aliphatic hydroxyl groups is 1. The number of aliphatic hydroxyl groups excluding tert-OH is 1. The molecule has 4 saturated carbocycles. The monoisotopic (exact) mass is 500 g/mol. The van der Waals surface area contributed by atoms with E-state index < -0.39 is 6.10 Å². The SMILES string of the molecule is COC(=O)C12CCC(C)C(C)C1C1=CCC3C4(C)CC(OC)C(O)C(C)(C)C4CCC3(C)C1(C)CC2. The van der Waals surface area contributed by atoms with Gasteiger partial charge < -0.3 is 14.6 Å². The van der Waals surface area contributed by atoms with Gasteiger partial charge in [-0.05, 0) is 103 Å². The van der Waals surface area contributed by atoms with Crippen molar-refractivity contribution in [3.05, 3.63) is 11.6 Å². The molecule has 4 fully saturated rings. The van der Waals surface area contributed by atoms with Gasteiger partial charge in [0, 0.05) is 7.11 Å². The van der Waals surface area contributed by atoms with Gasteiger partial charge in [-0.3, -0.25) is 4.79 Å². The maximum absolute atomic E-state index is 13.4. The van der Waals surface area contributed by atoms with Gasteiger partial charge in [0.25, 0.3) is 0 Å². The molecule has 5 aliphatic carbocycles. The van der Waals surface area contributed by atoms with Crippen molar-refractivity contribution in [1.29, 1.82) is 0 Å². The molecule has 36 heavy (non-hydrogen) atoms. The van der Waals surface area contributed by atoms with Crippen LogP contribution < -0.4 is 0 Å². The normalized spacial score (nSPS) is 53.7. The van der Waals surface area contributed by atoms with E-state index in [-0.39, 0.29) is 45.1 Å². The van der Waals surface area contributed by atoms with Gasteiger partial charge in [0.05, 0.1) is 24.7 Å². The lowest BCUT2D eigenvalue weighted by atomic mass is 9.33. The fourth-order valence-electron chi connectivity index (χ4n) is 11.4. The van der Waals surface area contributed by atoms with Crippen LogP contribution in [0.2, 0.25) is 0 Å². The smallest absolute Gasteiger partial charge is 0.312 e. The average Bonchev–Trinajstić information content (AvgIpc) is 2.83. The number of rotatable bonds is 2. The van der Waals surface area contributed by atoms with Crippen molar-refractivity contribution in [2.75, 3.05) is 14.2 Å². The highest BCUT2D eigenvalue weighted by Crippen LogP contribution is 2.75. The van der Waals surface area contributed by atoms with Crippen molar-refractivity contribution in [2.24, 2.45) is 56.7 Å². The van der Waals surface area contributed by atoms with E-state index in [2.05, 4.69) is 54.5 Å². The first-order valence-electron chi connectivity index (χ1n) is 14.7. The van der Waals surface area contributed by atoms with E-state index in [1.807, 2.05) is 0 Å². The van der Waals surface area contributed by atoms with Crippen molar-refractivity contribution in [2.45, 2.75) is 112 Å². The molecule has 0 bridgehead atoms. The minimum atomic E-state index is -0.421. The van der Waals surface area contributed by atoms with Crippen LogP contribution in [-0.2, 0) is 14.3 Å². The van der Waals surface area contributed by atoms with Crippen LogP contribution in [0, 0.1) is 56.7 Å². The quantitative estimate of drug-likeness (QED) is 0.334. The third kappa shape index (κ3) is 3.09. The lowest BCUT2D eigenvalue weighted by Crippen LogP contribution is -2.67. The molecule has 4 heteroatoms. The molecular formula is C32H52O4. The summed E-state index contributed by atoms with van der Waals surface area (Å²) in [7, 11) is 3.36. The van der Waals surface area contributed by atoms with Crippen LogP contribution in [0.5, 0.6) is 0 Å². The van der Waals surface area contributed by atoms with Gasteiger partial charge >= 0.3 is 5.97 Å². The van der Waals surface area contributed by atoms with Crippen LogP contribution in [0.25, 0.3) is 0 Å². The molecule has 11 atom stereocenters. The first-order valence-corrected chi connectivity index (χ1v) is 14.7. The summed E-state index contributed by atoms with van der Waals surface area (Å²) in [6, 6.07) is 0. The van der Waals surface area contributed by atoms with Gasteiger partial charge in [0.2, 0.25) is 0 Å². The van der Waals surface area contributed by atoms with Gasteiger partial charge in [0.1, 0.15) is 0 Å². The molecule has 0 aliphatic heterocycles. The summed E-state index contributed by atoms with van der Waals surface area (Å²) in [5, 5.41) is 11.3. The number of carbonyl (C=O) groups excluding carboxylic acids is 1. The Morgan fingerprint density at radius 3 is 2.31 bits per heavy atom. The molecule has 204 valence electrons. The second-order valence-corrected chi connectivity index (χ2v) is 15.0. The maximum atomic E-state index is 13.4. The number of carbonyl (C=O) groups is 1. The molecule has 11 unspecified atom stereocenters. The largest absolute Gasteiger partial charge is 0.469 e. The molecule has 5 aliphatic rings. The zero-order chi connectivity index (χ0) is 26.5. The second kappa shape index (κ2) is 8.31. The molecule has 0 aromatic carbocycles. The lowest BCUT2D eigenvalue weighted by molar-refractivity contribution is -0.236. The van der Waals surface area contributed by atoms with Crippen molar-refractivity contribution in [3.8, 4) is 0 Å². The van der Waals surface area contributed by atoms with Crippen molar-refractivity contribution in [3.63, 3.8) is 0 Å². The van der Waals surface area contributed by atoms with Crippen LogP contribution in [0.1, 0.15) is 99.8 Å². The molecule has 0 saturated heterocycles. The Labute approximate surface area is 220 Å². The van der Waals surface area contributed by atoms with E-state index >= 15 is 0 Å². The predicted molar refractivity (Wildman–Crippen MR) is 143 cm³/mol. The molecule has 0 spiro atoms. The minimum absolute atomic E-state index is 0.0306. The van der Waals surface area contributed by atoms with Crippen LogP contribution in [0.15, 0.2) is 11.6 Å². The summed E-state index contributed by atoms with van der Waals surface area (Å²) >= 11 is 0. The number of esters is 1. The molecule has 0 aromatic heterocycles. The topological polar surface area (TPSA) is 55.8 Å². The van der Waals surface area contributed by atoms with E-state index in [1.165, 1.54) is 6.42 Å². The van der Waals surface area contributed by atoms with Gasteiger partial charge in [-0.25, -0.2) is 0 Å². The fourth-order valence-corrected chi connectivity index (χ4v) is 11.4. The Bertz CT molecular complexity index is 938. The van der Waals surface area contributed by atoms with Crippen LogP contribution in [-0.4, -0.2) is 37.5 Å². The summed E-state index contributed by atoms with van der Waals surface area (Å²) in [6.45, 7) is 17.0. The fraction of sp³-hybridized carbons (Fsp3) is 0.906. The molecule has 1 N–H and O–H groups in total. The van der Waals surface area contributed by atoms with E-state index in [4.69, 9.17) is 9.47 Å². The molecule has 0 amide bonds. The van der Waals surface area contributed by atoms with Gasteiger partial charge in [-0.2, -0.15) is 0 Å². The number of fused-ring (bicyclic) bond motifs is 7. The molecule has 0 aromatic rings. The number of hydrogen-bond donors (Lipinski definition) is 1. The standard InChI is InChI=1S/C32H52O4/c1-19-12-15-32(27(34)36-9)17-16-30(6)21(25(32)20(19)2)10-11-24-29(5)18-22(35-8)26(33)28(3,4)23(29)13-14-31(24,30)7/h10,19-20,22-26,33H,11-18H2,1-9H3. The van der Waals surface area contributed by atoms with E-state index in [1.54, 1.807) is 19.8 Å². The highest BCUT2D eigenvalue weighted by Gasteiger charge is 2.70. The Hall–Kier alpha value is -0.870. The van der Waals surface area contributed by atoms with Gasteiger partial charge in [-0.1, -0.05) is 60.1 Å². The first-order chi connectivity index (χ1) is 16.7. The summed E-state index contributed by atoms with van der Waals surface area (Å²) in [6.07, 6.45) is 10.5. The molecule has 0 radical (unpaired) electrons. The second-order valence-electron chi connectivity index (χ2n) is 15.0. The first kappa shape index (κ1) is 26.7. The van der Waals surface area contributed by atoms with E-state index in [9.17, 15) is 9.90 Å². The molecule has 4 nitrogen and oxygen atoms in total. The minimum Gasteiger partial charge on any atom is -0.469 e. The van der Waals surface area contributed by atoms with Crippen LogP contribution in [0.4, 0.5) is 0 Å². The number of methoxy groups -OCH3 is 2. The Morgan fingerprint density at radius 2 is 1.67 bits per heavy atom. The predicted octanol–water partition coefficient (Wildman–Crippen LogP) is 6.80. The third-order valence-electron chi connectivity index (χ3n) is 13.8. The van der Waals surface area contributed by atoms with E-state index in [0.29, 0.717) is 23.7 Å². The maximum Gasteiger partial charge on any atom is 0.312 e. The van der Waals surface area contributed by atoms with Crippen LogP contribution >= 0.6 is 0 Å². The van der Waals surface area contributed by atoms with Crippen molar-refractivity contribution >= 4 is 5.97 Å². The third-order valence-corrected chi connectivity index (χ3v) is 13.8. The van der Waals surface area contributed by atoms with Gasteiger partial charge in [0.15, 0.2) is 0 Å². The summed E-state index contributed by atoms with van der Waals surface area (Å²) < 4.78 is 11.4. The highest BCUT2D eigenvalue weighted by molar-refractivity contribution is 5.78. The Morgan fingerprint density at radius 1 is 0.972 bits per heavy atom. The zero-order valence-electron chi connectivity index (χ0n) is 24.4. The molecular weight excluding hydrogens is 448 g/mol. The summed E-state index contributed by atoms with van der Waals surface area (Å²) in [5.41, 5.74) is 1.43. The lowest BCUT2D eigenvalue weighted by Gasteiger charge is -2.71. The highest BCUT2D eigenvalue weighted by atomic mass is 16.5. The summed E-state index contributed by atoms with van der Waals surface area (Å²) in [4.78, 5) is 13.4. The number of ether oxygens (including phenoxy) is 2. The van der Waals surface area contributed by atoms with Crippen LogP contribution in [0.3, 0.4) is 0 Å². The van der Waals surface area contributed by atoms with E-state index in [0.717, 1.165) is 44.9 Å². The molecule has 0 heterocycles.